The lowest BCUT2D eigenvalue weighted by Gasteiger charge is -2.27. The number of rotatable bonds is 12. The van der Waals surface area contributed by atoms with Crippen LogP contribution in [0.1, 0.15) is 94.8 Å². The van der Waals surface area contributed by atoms with E-state index in [0.717, 1.165) is 34.6 Å². The van der Waals surface area contributed by atoms with E-state index in [9.17, 15) is 28.8 Å². The highest BCUT2D eigenvalue weighted by atomic mass is 35.5. The van der Waals surface area contributed by atoms with E-state index in [1.807, 2.05) is 30.5 Å². The second-order valence-electron chi connectivity index (χ2n) is 13.7. The number of benzene rings is 2. The van der Waals surface area contributed by atoms with Crippen molar-refractivity contribution in [2.75, 3.05) is 25.5 Å². The Hall–Kier alpha value is -5.35. The van der Waals surface area contributed by atoms with Crippen molar-refractivity contribution in [1.82, 2.24) is 30.3 Å². The summed E-state index contributed by atoms with van der Waals surface area (Å²) in [5.41, 5.74) is 3.33. The summed E-state index contributed by atoms with van der Waals surface area (Å²) >= 11 is 7.65. The van der Waals surface area contributed by atoms with Gasteiger partial charge in [0, 0.05) is 30.2 Å². The van der Waals surface area contributed by atoms with Gasteiger partial charge in [-0.05, 0) is 74.9 Å². The number of nitrogens with one attached hydrogen (secondary N) is 3. The van der Waals surface area contributed by atoms with Crippen LogP contribution in [0.5, 0.6) is 0 Å². The fourth-order valence-corrected chi connectivity index (χ4v) is 9.19. The zero-order valence-corrected chi connectivity index (χ0v) is 32.0. The van der Waals surface area contributed by atoms with E-state index < -0.39 is 41.7 Å². The second kappa shape index (κ2) is 15.8. The number of imide groups is 2. The summed E-state index contributed by atoms with van der Waals surface area (Å²) < 4.78 is 6.95. The Kier molecular flexibility index (Phi) is 10.9. The third-order valence-electron chi connectivity index (χ3n) is 10.2. The van der Waals surface area contributed by atoms with E-state index in [2.05, 4.69) is 26.1 Å². The quantitative estimate of drug-likeness (QED) is 0.135. The van der Waals surface area contributed by atoms with Crippen LogP contribution in [0.15, 0.2) is 57.9 Å². The number of piperidine rings is 1. The van der Waals surface area contributed by atoms with Gasteiger partial charge >= 0.3 is 5.97 Å². The minimum Gasteiger partial charge on any atom is -0.469 e. The number of unbranched alkanes of at least 4 members (excludes halogenated alkanes) is 2. The Morgan fingerprint density at radius 3 is 2.51 bits per heavy atom. The minimum atomic E-state index is -1.03. The first-order valence-corrected chi connectivity index (χ1v) is 19.3. The third-order valence-corrected chi connectivity index (χ3v) is 12.0. The Morgan fingerprint density at radius 1 is 1.00 bits per heavy atom. The number of halogens is 1. The van der Waals surface area contributed by atoms with Crippen LogP contribution in [-0.4, -0.2) is 87.1 Å². The van der Waals surface area contributed by atoms with Crippen LogP contribution in [0.3, 0.4) is 0 Å². The van der Waals surface area contributed by atoms with Crippen molar-refractivity contribution in [3.8, 4) is 0 Å². The standard InChI is InChI=1S/C38H39ClN8O7S/c1-19-29-31(21-10-12-22(39)13-11-21)42-25(18-28(49)54-3)33-45-44-20(2)46(33)38(29)55-32(19)35(51)41-17-6-4-5-16-40-24-9-7-8-23-30(24)37(53)47(36(23)52)26-14-15-27(48)43-34(26)50/h7-13,25-26,29,38,40H,4-6,14-18H2,1-3H3,(H,41,51)(H,43,48,50)/t25-,26?,29?,38?/m0/s1. The lowest BCUT2D eigenvalue weighted by atomic mass is 9.89. The predicted octanol–water partition coefficient (Wildman–Crippen LogP) is 4.28. The monoisotopic (exact) mass is 786 g/mol. The van der Waals surface area contributed by atoms with E-state index in [1.165, 1.54) is 18.9 Å². The first-order chi connectivity index (χ1) is 26.5. The molecular formula is C38H39ClN8O7S. The number of anilines is 1. The largest absolute Gasteiger partial charge is 0.469 e. The number of thioether (sulfide) groups is 1. The molecule has 0 aliphatic carbocycles. The molecule has 55 heavy (non-hydrogen) atoms. The summed E-state index contributed by atoms with van der Waals surface area (Å²) in [5.74, 6) is -1.94. The number of ether oxygens (including phenoxy) is 1. The summed E-state index contributed by atoms with van der Waals surface area (Å²) in [5, 5.41) is 17.6. The van der Waals surface area contributed by atoms with Crippen LogP contribution in [-0.2, 0) is 23.9 Å². The van der Waals surface area contributed by atoms with Gasteiger partial charge in [-0.2, -0.15) is 0 Å². The highest BCUT2D eigenvalue weighted by molar-refractivity contribution is 8.04. The van der Waals surface area contributed by atoms with Crippen molar-refractivity contribution >= 4 is 70.3 Å². The molecule has 1 fully saturated rings. The molecule has 0 spiro atoms. The van der Waals surface area contributed by atoms with Gasteiger partial charge in [0.05, 0.1) is 46.6 Å². The van der Waals surface area contributed by atoms with Gasteiger partial charge in [-0.15, -0.1) is 10.2 Å². The van der Waals surface area contributed by atoms with Gasteiger partial charge in [-0.25, -0.2) is 0 Å². The molecule has 3 unspecified atom stereocenters. The zero-order chi connectivity index (χ0) is 39.0. The molecule has 0 bridgehead atoms. The van der Waals surface area contributed by atoms with Crippen LogP contribution in [0.25, 0.3) is 0 Å². The maximum absolute atomic E-state index is 13.7. The Labute approximate surface area is 325 Å². The molecule has 15 nitrogen and oxygen atoms in total. The minimum absolute atomic E-state index is 0.0179. The summed E-state index contributed by atoms with van der Waals surface area (Å²) in [6.07, 6.45) is 2.32. The van der Waals surface area contributed by atoms with Gasteiger partial charge in [0.1, 0.15) is 17.9 Å². The normalized spacial score (nSPS) is 21.7. The molecule has 17 heteroatoms. The molecule has 4 atom stereocenters. The van der Waals surface area contributed by atoms with Crippen LogP contribution in [0.4, 0.5) is 5.69 Å². The molecule has 286 valence electrons. The van der Waals surface area contributed by atoms with E-state index in [1.54, 1.807) is 30.3 Å². The third kappa shape index (κ3) is 7.27. The maximum Gasteiger partial charge on any atom is 0.308 e. The number of aryl methyl sites for hydroxylation is 1. The van der Waals surface area contributed by atoms with Gasteiger partial charge in [0.2, 0.25) is 11.8 Å². The molecule has 3 aromatic rings. The number of methoxy groups -OCH3 is 1. The van der Waals surface area contributed by atoms with Crippen molar-refractivity contribution in [1.29, 1.82) is 0 Å². The van der Waals surface area contributed by atoms with E-state index in [4.69, 9.17) is 21.3 Å². The molecule has 0 radical (unpaired) electrons. The Bertz CT molecular complexity index is 2170. The fraction of sp³-hybridized carbons (Fsp3) is 0.395. The SMILES string of the molecule is COC(=O)C[C@@H]1N=C(c2ccc(Cl)cc2)C2C(C)=C(C(=O)NCCCCCNc3cccc4c3C(=O)N(C3CCC(=O)NC3=O)C4=O)SC2n2c(C)nnc21. The number of nitrogens with zero attached hydrogens (tertiary/aromatic N) is 5. The molecule has 2 aromatic carbocycles. The Balaban J connectivity index is 0.977. The topological polar surface area (TPSA) is 194 Å². The number of hydrogen-bond acceptors (Lipinski definition) is 12. The summed E-state index contributed by atoms with van der Waals surface area (Å²) in [6.45, 7) is 4.73. The number of hydrogen-bond donors (Lipinski definition) is 3. The number of carbonyl (C=O) groups excluding carboxylic acids is 6. The van der Waals surface area contributed by atoms with Crippen molar-refractivity contribution < 1.29 is 33.5 Å². The zero-order valence-electron chi connectivity index (χ0n) is 30.4. The molecule has 3 N–H and O–H groups in total. The van der Waals surface area contributed by atoms with E-state index in [-0.39, 0.29) is 47.6 Å². The number of amides is 5. The van der Waals surface area contributed by atoms with Gasteiger partial charge in [0.25, 0.3) is 17.7 Å². The van der Waals surface area contributed by atoms with Gasteiger partial charge in [0.15, 0.2) is 5.82 Å². The lowest BCUT2D eigenvalue weighted by molar-refractivity contribution is -0.141. The Morgan fingerprint density at radius 2 is 1.76 bits per heavy atom. The van der Waals surface area contributed by atoms with Crippen molar-refractivity contribution in [3.05, 3.63) is 86.3 Å². The van der Waals surface area contributed by atoms with E-state index in [0.29, 0.717) is 46.8 Å². The van der Waals surface area contributed by atoms with Crippen LogP contribution >= 0.6 is 23.4 Å². The van der Waals surface area contributed by atoms with Crippen molar-refractivity contribution in [2.45, 2.75) is 69.8 Å². The van der Waals surface area contributed by atoms with Crippen LogP contribution in [0, 0.1) is 12.8 Å². The molecule has 5 heterocycles. The smallest absolute Gasteiger partial charge is 0.308 e. The molecule has 0 saturated carbocycles. The van der Waals surface area contributed by atoms with Crippen molar-refractivity contribution in [3.63, 3.8) is 0 Å². The molecule has 1 aromatic heterocycles. The van der Waals surface area contributed by atoms with Crippen LogP contribution in [0.2, 0.25) is 5.02 Å². The molecule has 7 rings (SSSR count). The number of esters is 1. The first-order valence-electron chi connectivity index (χ1n) is 18.0. The number of carbonyl (C=O) groups is 6. The van der Waals surface area contributed by atoms with Crippen molar-refractivity contribution in [2.24, 2.45) is 10.9 Å². The number of aromatic nitrogens is 3. The van der Waals surface area contributed by atoms with E-state index >= 15 is 0 Å². The average molecular weight is 787 g/mol. The number of aliphatic imine (C=N–C) groups is 1. The molecule has 4 aliphatic heterocycles. The summed E-state index contributed by atoms with van der Waals surface area (Å²) in [4.78, 5) is 83.4. The second-order valence-corrected chi connectivity index (χ2v) is 15.3. The highest BCUT2D eigenvalue weighted by Gasteiger charge is 2.47. The summed E-state index contributed by atoms with van der Waals surface area (Å²) in [6, 6.07) is 10.6. The fourth-order valence-electron chi connectivity index (χ4n) is 7.49. The maximum atomic E-state index is 13.7. The first kappa shape index (κ1) is 37.9. The lowest BCUT2D eigenvalue weighted by Crippen LogP contribution is -2.54. The molecular weight excluding hydrogens is 748 g/mol. The molecule has 1 saturated heterocycles. The van der Waals surface area contributed by atoms with Gasteiger partial charge in [-0.1, -0.05) is 41.6 Å². The highest BCUT2D eigenvalue weighted by Crippen LogP contribution is 2.53. The predicted molar refractivity (Wildman–Crippen MR) is 203 cm³/mol. The van der Waals surface area contributed by atoms with Gasteiger partial charge < -0.3 is 15.4 Å². The number of fused-ring (bicyclic) bond motifs is 4. The molecule has 4 aliphatic rings. The molecule has 5 amide bonds. The summed E-state index contributed by atoms with van der Waals surface area (Å²) in [7, 11) is 1.34. The van der Waals surface area contributed by atoms with Crippen LogP contribution < -0.4 is 16.0 Å². The average Bonchev–Trinajstić information content (AvgIpc) is 3.76. The number of allylic oxidation sites excluding steroid dienone is 1. The van der Waals surface area contributed by atoms with Gasteiger partial charge in [-0.3, -0.25) is 48.5 Å².